The van der Waals surface area contributed by atoms with E-state index in [-0.39, 0.29) is 5.82 Å². The Morgan fingerprint density at radius 2 is 2.11 bits per heavy atom. The normalized spacial score (nSPS) is 12.2. The van der Waals surface area contributed by atoms with E-state index in [0.29, 0.717) is 29.0 Å². The Bertz CT molecular complexity index is 572. The first kappa shape index (κ1) is 13.5. The highest BCUT2D eigenvalue weighted by Crippen LogP contribution is 2.26. The van der Waals surface area contributed by atoms with Crippen LogP contribution < -0.4 is 4.74 Å². The number of benzene rings is 1. The van der Waals surface area contributed by atoms with Gasteiger partial charge < -0.3 is 9.84 Å². The number of rotatable bonds is 4. The predicted octanol–water partition coefficient (Wildman–Crippen LogP) is 3.01. The van der Waals surface area contributed by atoms with Crippen LogP contribution in [0.25, 0.3) is 0 Å². The minimum atomic E-state index is -0.839. The number of halogens is 1. The van der Waals surface area contributed by atoms with Crippen molar-refractivity contribution in [3.8, 4) is 5.75 Å². The molecular weight excluding hydrogens is 245 g/mol. The second kappa shape index (κ2) is 5.80. The summed E-state index contributed by atoms with van der Waals surface area (Å²) in [7, 11) is 0. The molecule has 0 saturated carbocycles. The maximum atomic E-state index is 13.1. The van der Waals surface area contributed by atoms with Gasteiger partial charge in [-0.1, -0.05) is 6.07 Å². The van der Waals surface area contributed by atoms with Crippen LogP contribution in [0.2, 0.25) is 0 Å². The lowest BCUT2D eigenvalue weighted by atomic mass is 9.98. The number of pyridine rings is 1. The molecule has 1 aromatic heterocycles. The van der Waals surface area contributed by atoms with Gasteiger partial charge >= 0.3 is 0 Å². The number of hydrogen-bond donors (Lipinski definition) is 1. The summed E-state index contributed by atoms with van der Waals surface area (Å²) in [6.45, 7) is 4.19. The molecule has 4 heteroatoms. The molecule has 0 aliphatic heterocycles. The van der Waals surface area contributed by atoms with Crippen molar-refractivity contribution in [3.05, 3.63) is 59.2 Å². The molecule has 0 bridgehead atoms. The number of aryl methyl sites for hydroxylation is 1. The van der Waals surface area contributed by atoms with Crippen molar-refractivity contribution in [1.29, 1.82) is 0 Å². The van der Waals surface area contributed by atoms with Gasteiger partial charge in [-0.05, 0) is 43.2 Å². The number of hydrogen-bond acceptors (Lipinski definition) is 3. The third-order valence-corrected chi connectivity index (χ3v) is 2.89. The molecule has 1 heterocycles. The van der Waals surface area contributed by atoms with Crippen molar-refractivity contribution < 1.29 is 14.2 Å². The minimum Gasteiger partial charge on any atom is -0.492 e. The van der Waals surface area contributed by atoms with Crippen LogP contribution in [0.15, 0.2) is 36.7 Å². The van der Waals surface area contributed by atoms with E-state index in [4.69, 9.17) is 4.74 Å². The zero-order valence-corrected chi connectivity index (χ0v) is 10.9. The van der Waals surface area contributed by atoms with Crippen LogP contribution in [0.1, 0.15) is 29.7 Å². The maximum absolute atomic E-state index is 13.1. The van der Waals surface area contributed by atoms with Gasteiger partial charge in [-0.15, -0.1) is 0 Å². The molecule has 0 amide bonds. The third-order valence-electron chi connectivity index (χ3n) is 2.89. The molecule has 1 atom stereocenters. The zero-order valence-electron chi connectivity index (χ0n) is 10.9. The standard InChI is InChI=1S/C15H16FNO2/c1-3-19-13-7-11(8-17-9-13)15(18)14-5-4-12(16)6-10(14)2/h4-9,15,18H,3H2,1-2H3. The summed E-state index contributed by atoms with van der Waals surface area (Å²) in [5.74, 6) is 0.299. The Balaban J connectivity index is 2.32. The molecule has 100 valence electrons. The van der Waals surface area contributed by atoms with E-state index >= 15 is 0 Å². The van der Waals surface area contributed by atoms with Crippen LogP contribution in [0.4, 0.5) is 4.39 Å². The second-order valence-electron chi connectivity index (χ2n) is 4.29. The van der Waals surface area contributed by atoms with Gasteiger partial charge in [0.2, 0.25) is 0 Å². The Morgan fingerprint density at radius 1 is 1.32 bits per heavy atom. The molecule has 0 radical (unpaired) electrons. The van der Waals surface area contributed by atoms with E-state index < -0.39 is 6.10 Å². The molecule has 0 spiro atoms. The Hall–Kier alpha value is -1.94. The fourth-order valence-electron chi connectivity index (χ4n) is 1.96. The number of aromatic nitrogens is 1. The monoisotopic (exact) mass is 261 g/mol. The van der Waals surface area contributed by atoms with Gasteiger partial charge in [0.25, 0.3) is 0 Å². The number of aliphatic hydroxyl groups excluding tert-OH is 1. The van der Waals surface area contributed by atoms with Crippen LogP contribution in [-0.2, 0) is 0 Å². The zero-order chi connectivity index (χ0) is 13.8. The largest absolute Gasteiger partial charge is 0.492 e. The quantitative estimate of drug-likeness (QED) is 0.920. The van der Waals surface area contributed by atoms with E-state index in [9.17, 15) is 9.50 Å². The summed E-state index contributed by atoms with van der Waals surface area (Å²) >= 11 is 0. The lowest BCUT2D eigenvalue weighted by Crippen LogP contribution is -2.04. The molecule has 0 aliphatic carbocycles. The topological polar surface area (TPSA) is 42.4 Å². The SMILES string of the molecule is CCOc1cncc(C(O)c2ccc(F)cc2C)c1. The van der Waals surface area contributed by atoms with E-state index in [1.165, 1.54) is 12.1 Å². The molecule has 1 unspecified atom stereocenters. The Morgan fingerprint density at radius 3 is 2.79 bits per heavy atom. The summed E-state index contributed by atoms with van der Waals surface area (Å²) in [6, 6.07) is 6.07. The molecule has 0 fully saturated rings. The number of ether oxygens (including phenoxy) is 1. The van der Waals surface area contributed by atoms with Crippen molar-refractivity contribution in [2.75, 3.05) is 6.61 Å². The first-order valence-electron chi connectivity index (χ1n) is 6.13. The van der Waals surface area contributed by atoms with Crippen molar-refractivity contribution in [2.45, 2.75) is 20.0 Å². The molecule has 2 rings (SSSR count). The second-order valence-corrected chi connectivity index (χ2v) is 4.29. The molecule has 1 N–H and O–H groups in total. The van der Waals surface area contributed by atoms with Gasteiger partial charge in [-0.25, -0.2) is 4.39 Å². The van der Waals surface area contributed by atoms with Crippen molar-refractivity contribution in [1.82, 2.24) is 4.98 Å². The van der Waals surface area contributed by atoms with Crippen molar-refractivity contribution in [3.63, 3.8) is 0 Å². The molecule has 2 aromatic rings. The van der Waals surface area contributed by atoms with Crippen LogP contribution in [0, 0.1) is 12.7 Å². The smallest absolute Gasteiger partial charge is 0.137 e. The molecule has 3 nitrogen and oxygen atoms in total. The average molecular weight is 261 g/mol. The molecule has 19 heavy (non-hydrogen) atoms. The van der Waals surface area contributed by atoms with Crippen LogP contribution in [0.5, 0.6) is 5.75 Å². The predicted molar refractivity (Wildman–Crippen MR) is 70.6 cm³/mol. The summed E-state index contributed by atoms with van der Waals surface area (Å²) in [6.07, 6.45) is 2.33. The van der Waals surface area contributed by atoms with Gasteiger partial charge in [0.1, 0.15) is 17.7 Å². The molecule has 0 saturated heterocycles. The van der Waals surface area contributed by atoms with E-state index in [0.717, 1.165) is 0 Å². The Labute approximate surface area is 111 Å². The highest BCUT2D eigenvalue weighted by molar-refractivity contribution is 5.36. The summed E-state index contributed by atoms with van der Waals surface area (Å²) in [5, 5.41) is 10.3. The van der Waals surface area contributed by atoms with Gasteiger partial charge in [-0.2, -0.15) is 0 Å². The van der Waals surface area contributed by atoms with Gasteiger partial charge in [0.05, 0.1) is 12.8 Å². The fraction of sp³-hybridized carbons (Fsp3) is 0.267. The first-order valence-corrected chi connectivity index (χ1v) is 6.13. The highest BCUT2D eigenvalue weighted by Gasteiger charge is 2.14. The first-order chi connectivity index (χ1) is 9.11. The molecule has 0 aliphatic rings. The summed E-state index contributed by atoms with van der Waals surface area (Å²) in [4.78, 5) is 4.04. The minimum absolute atomic E-state index is 0.311. The fourth-order valence-corrected chi connectivity index (χ4v) is 1.96. The Kier molecular flexibility index (Phi) is 4.12. The van der Waals surface area contributed by atoms with E-state index in [1.807, 2.05) is 6.92 Å². The molecule has 1 aromatic carbocycles. The number of aliphatic hydroxyl groups is 1. The van der Waals surface area contributed by atoms with Crippen molar-refractivity contribution in [2.24, 2.45) is 0 Å². The lowest BCUT2D eigenvalue weighted by molar-refractivity contribution is 0.218. The highest BCUT2D eigenvalue weighted by atomic mass is 19.1. The van der Waals surface area contributed by atoms with Gasteiger partial charge in [0.15, 0.2) is 0 Å². The van der Waals surface area contributed by atoms with E-state index in [2.05, 4.69) is 4.98 Å². The third kappa shape index (κ3) is 3.09. The average Bonchev–Trinajstić information content (AvgIpc) is 2.39. The summed E-state index contributed by atoms with van der Waals surface area (Å²) in [5.41, 5.74) is 1.99. The van der Waals surface area contributed by atoms with E-state index in [1.54, 1.807) is 31.5 Å². The maximum Gasteiger partial charge on any atom is 0.137 e. The van der Waals surface area contributed by atoms with Gasteiger partial charge in [-0.3, -0.25) is 4.98 Å². The lowest BCUT2D eigenvalue weighted by Gasteiger charge is -2.14. The van der Waals surface area contributed by atoms with Gasteiger partial charge in [0, 0.05) is 11.8 Å². The number of nitrogens with zero attached hydrogens (tertiary/aromatic N) is 1. The van der Waals surface area contributed by atoms with Crippen LogP contribution in [-0.4, -0.2) is 16.7 Å². The van der Waals surface area contributed by atoms with Crippen LogP contribution in [0.3, 0.4) is 0 Å². The van der Waals surface area contributed by atoms with Crippen molar-refractivity contribution >= 4 is 0 Å². The molecular formula is C15H16FNO2. The van der Waals surface area contributed by atoms with Crippen LogP contribution >= 0.6 is 0 Å². The summed E-state index contributed by atoms with van der Waals surface area (Å²) < 4.78 is 18.4.